The van der Waals surface area contributed by atoms with Crippen LogP contribution in [0, 0.1) is 0 Å². The van der Waals surface area contributed by atoms with E-state index in [4.69, 9.17) is 54.2 Å². The number of benzene rings is 9. The molecule has 0 bridgehead atoms. The zero-order valence-electron chi connectivity index (χ0n) is 36.1. The Labute approximate surface area is 394 Å². The molecule has 3 aromatic heterocycles. The summed E-state index contributed by atoms with van der Waals surface area (Å²) in [5, 5.41) is 4.12. The topological polar surface area (TPSA) is 48.5 Å². The lowest BCUT2D eigenvalue weighted by Crippen LogP contribution is -2.55. The Hall–Kier alpha value is -8.09. The van der Waals surface area contributed by atoms with Crippen molar-refractivity contribution in [3.05, 3.63) is 194 Å². The van der Waals surface area contributed by atoms with Crippen molar-refractivity contribution in [2.24, 2.45) is 0 Å². The molecule has 67 heavy (non-hydrogen) atoms. The highest BCUT2D eigenvalue weighted by Crippen LogP contribution is 2.45. The number of hydrogen-bond donors (Lipinski definition) is 0. The Morgan fingerprint density at radius 1 is 0.299 bits per heavy atom. The van der Waals surface area contributed by atoms with Crippen LogP contribution in [0.1, 0.15) is 0 Å². The van der Waals surface area contributed by atoms with E-state index in [0.717, 1.165) is 88.2 Å². The van der Waals surface area contributed by atoms with Crippen LogP contribution in [0.25, 0.3) is 111 Å². The van der Waals surface area contributed by atoms with Gasteiger partial charge in [-0.2, -0.15) is 9.97 Å². The van der Waals surface area contributed by atoms with Gasteiger partial charge in [0.25, 0.3) is 0 Å². The SMILES string of the molecule is [B]c1c([B])c([B])c(-c2cccc(-c3ccccc3)c2-n2c3ccccc3c3ccc4c5ccccc5n(-c5nc(-c6ccccc6)nc(-c6ccc(-c7ccccc7)cc6)n5)c4c32)c([B])c1[B]. The van der Waals surface area contributed by atoms with Gasteiger partial charge in [0.15, 0.2) is 11.6 Å². The molecule has 9 aromatic carbocycles. The summed E-state index contributed by atoms with van der Waals surface area (Å²) >= 11 is 0. The maximum atomic E-state index is 6.95. The smallest absolute Gasteiger partial charge is 0.238 e. The normalized spacial score (nSPS) is 11.6. The summed E-state index contributed by atoms with van der Waals surface area (Å²) in [6.45, 7) is 0. The van der Waals surface area contributed by atoms with Gasteiger partial charge in [0.1, 0.15) is 39.2 Å². The van der Waals surface area contributed by atoms with E-state index in [1.807, 2.05) is 78.9 Å². The van der Waals surface area contributed by atoms with Crippen molar-refractivity contribution in [2.75, 3.05) is 0 Å². The molecule has 0 fully saturated rings. The van der Waals surface area contributed by atoms with Gasteiger partial charge in [-0.05, 0) is 34.4 Å². The Morgan fingerprint density at radius 2 is 0.716 bits per heavy atom. The largest absolute Gasteiger partial charge is 0.306 e. The summed E-state index contributed by atoms with van der Waals surface area (Å²) < 4.78 is 4.51. The van der Waals surface area contributed by atoms with Gasteiger partial charge in [-0.1, -0.05) is 193 Å². The predicted molar refractivity (Wildman–Crippen MR) is 283 cm³/mol. The minimum Gasteiger partial charge on any atom is -0.306 e. The predicted octanol–water partition coefficient (Wildman–Crippen LogP) is 8.37. The summed E-state index contributed by atoms with van der Waals surface area (Å²) in [4.78, 5) is 15.9. The van der Waals surface area contributed by atoms with Crippen LogP contribution in [0.4, 0.5) is 0 Å². The maximum absolute atomic E-state index is 6.95. The number of aromatic nitrogens is 5. The average molecular weight is 841 g/mol. The third-order valence-electron chi connectivity index (χ3n) is 12.9. The Bertz CT molecular complexity index is 3880. The quantitative estimate of drug-likeness (QED) is 0.152. The molecule has 10 radical (unpaired) electrons. The number of rotatable bonds is 7. The van der Waals surface area contributed by atoms with Crippen LogP contribution >= 0.6 is 0 Å². The van der Waals surface area contributed by atoms with Gasteiger partial charge in [0.2, 0.25) is 5.95 Å². The first kappa shape index (κ1) is 40.4. The van der Waals surface area contributed by atoms with Crippen LogP contribution in [-0.2, 0) is 0 Å². The third kappa shape index (κ3) is 6.50. The van der Waals surface area contributed by atoms with Crippen LogP contribution in [0.3, 0.4) is 0 Å². The van der Waals surface area contributed by atoms with E-state index in [1.165, 1.54) is 0 Å². The second-order valence-corrected chi connectivity index (χ2v) is 16.7. The fourth-order valence-corrected chi connectivity index (χ4v) is 9.67. The van der Waals surface area contributed by atoms with Crippen LogP contribution in [-0.4, -0.2) is 63.3 Å². The van der Waals surface area contributed by atoms with Gasteiger partial charge >= 0.3 is 0 Å². The highest BCUT2D eigenvalue weighted by Gasteiger charge is 2.27. The Balaban J connectivity index is 1.23. The minimum absolute atomic E-state index is 0.154. The fourth-order valence-electron chi connectivity index (χ4n) is 9.67. The first-order chi connectivity index (χ1) is 32.9. The average Bonchev–Trinajstić information content (AvgIpc) is 3.91. The lowest BCUT2D eigenvalue weighted by molar-refractivity contribution is 0.953. The van der Waals surface area contributed by atoms with Gasteiger partial charge in [0.05, 0.1) is 27.8 Å². The van der Waals surface area contributed by atoms with Gasteiger partial charge in [0, 0.05) is 43.8 Å². The van der Waals surface area contributed by atoms with E-state index in [1.54, 1.807) is 0 Å². The van der Waals surface area contributed by atoms with Crippen LogP contribution in [0.2, 0.25) is 0 Å². The Kier molecular flexibility index (Phi) is 9.72. The molecular weight excluding hydrogens is 809 g/mol. The number of para-hydroxylation sites is 3. The molecule has 0 amide bonds. The minimum atomic E-state index is 0.154. The van der Waals surface area contributed by atoms with Crippen molar-refractivity contribution in [1.29, 1.82) is 0 Å². The summed E-state index contributed by atoms with van der Waals surface area (Å²) in [7, 11) is 33.5. The highest BCUT2D eigenvalue weighted by atomic mass is 15.2. The fraction of sp³-hybridized carbons (Fsp3) is 0. The summed E-state index contributed by atoms with van der Waals surface area (Å²) in [6.07, 6.45) is 0. The monoisotopic (exact) mass is 841 g/mol. The summed E-state index contributed by atoms with van der Waals surface area (Å²) in [5.41, 5.74) is 12.6. The van der Waals surface area contributed by atoms with Crippen LogP contribution < -0.4 is 27.3 Å². The molecule has 10 heteroatoms. The second-order valence-electron chi connectivity index (χ2n) is 16.7. The first-order valence-corrected chi connectivity index (χ1v) is 22.0. The lowest BCUT2D eigenvalue weighted by atomic mass is 9.59. The van der Waals surface area contributed by atoms with Crippen molar-refractivity contribution in [1.82, 2.24) is 24.1 Å². The molecule has 0 saturated heterocycles. The molecule has 0 N–H and O–H groups in total. The molecular formula is C57H32B5N5. The molecule has 0 aliphatic rings. The molecule has 0 saturated carbocycles. The number of hydrogen-bond acceptors (Lipinski definition) is 3. The van der Waals surface area contributed by atoms with Crippen LogP contribution in [0.5, 0.6) is 0 Å². The van der Waals surface area contributed by atoms with Crippen molar-refractivity contribution in [3.8, 4) is 67.8 Å². The molecule has 0 spiro atoms. The van der Waals surface area contributed by atoms with E-state index in [0.29, 0.717) is 23.2 Å². The molecule has 0 atom stereocenters. The third-order valence-corrected chi connectivity index (χ3v) is 12.9. The standard InChI is InChI=1S/C57H32B5N5/c58-47-46(48(59)50(61)51(62)49(47)60)43-24-14-23-38(35-17-6-2-7-18-35)52(43)66-44-25-12-10-21-39(44)41-31-32-42-40-22-11-13-26-45(40)67(54(42)53(41)66)57-64-55(36-19-8-3-9-20-36)63-56(65-57)37-29-27-34(28-30-37)33-15-4-1-5-16-33/h1-32H. The zero-order valence-corrected chi connectivity index (χ0v) is 36.1. The van der Waals surface area contributed by atoms with Crippen molar-refractivity contribution < 1.29 is 0 Å². The molecule has 12 aromatic rings. The van der Waals surface area contributed by atoms with Crippen LogP contribution in [0.15, 0.2) is 194 Å². The van der Waals surface area contributed by atoms with E-state index < -0.39 is 0 Å². The molecule has 5 nitrogen and oxygen atoms in total. The van der Waals surface area contributed by atoms with E-state index in [2.05, 4.69) is 124 Å². The van der Waals surface area contributed by atoms with Gasteiger partial charge in [-0.3, -0.25) is 4.57 Å². The van der Waals surface area contributed by atoms with Crippen molar-refractivity contribution in [2.45, 2.75) is 0 Å². The molecule has 12 rings (SSSR count). The second kappa shape index (κ2) is 16.1. The Morgan fingerprint density at radius 3 is 1.30 bits per heavy atom. The summed E-state index contributed by atoms with van der Waals surface area (Å²) in [5.74, 6) is 1.56. The number of fused-ring (bicyclic) bond motifs is 7. The zero-order chi connectivity index (χ0) is 45.3. The van der Waals surface area contributed by atoms with Gasteiger partial charge in [-0.25, -0.2) is 4.98 Å². The van der Waals surface area contributed by atoms with Crippen molar-refractivity contribution >= 4 is 110 Å². The lowest BCUT2D eigenvalue weighted by Gasteiger charge is -2.25. The molecule has 3 heterocycles. The van der Waals surface area contributed by atoms with E-state index >= 15 is 0 Å². The van der Waals surface area contributed by atoms with E-state index in [-0.39, 0.29) is 27.3 Å². The first-order valence-electron chi connectivity index (χ1n) is 22.0. The van der Waals surface area contributed by atoms with Gasteiger partial charge in [-0.15, -0.1) is 16.4 Å². The molecule has 0 aliphatic carbocycles. The molecule has 0 unspecified atom stereocenters. The maximum Gasteiger partial charge on any atom is 0.238 e. The molecule has 300 valence electrons. The highest BCUT2D eigenvalue weighted by molar-refractivity contribution is 6.68. The number of nitrogens with zero attached hydrogens (tertiary/aromatic N) is 5. The molecule has 0 aliphatic heterocycles. The van der Waals surface area contributed by atoms with Crippen molar-refractivity contribution in [3.63, 3.8) is 0 Å². The summed E-state index contributed by atoms with van der Waals surface area (Å²) in [6, 6.07) is 66.4. The van der Waals surface area contributed by atoms with Gasteiger partial charge < -0.3 is 4.57 Å². The van der Waals surface area contributed by atoms with E-state index in [9.17, 15) is 0 Å².